The topological polar surface area (TPSA) is 42.0 Å². The van der Waals surface area contributed by atoms with E-state index in [0.717, 1.165) is 28.4 Å². The van der Waals surface area contributed by atoms with Crippen molar-refractivity contribution in [2.75, 3.05) is 5.32 Å². The summed E-state index contributed by atoms with van der Waals surface area (Å²) in [4.78, 5) is 15.4. The summed E-state index contributed by atoms with van der Waals surface area (Å²) in [5, 5.41) is 4.42. The minimum atomic E-state index is 0.638. The lowest BCUT2D eigenvalue weighted by Crippen LogP contribution is -2.03. The first-order chi connectivity index (χ1) is 9.88. The maximum Gasteiger partial charge on any atom is 0.152 e. The van der Waals surface area contributed by atoms with Crippen molar-refractivity contribution < 1.29 is 4.79 Å². The molecule has 3 rings (SSSR count). The Morgan fingerprint density at radius 2 is 1.85 bits per heavy atom. The van der Waals surface area contributed by atoms with Crippen LogP contribution >= 0.6 is 0 Å². The number of nitrogens with one attached hydrogen (secondary N) is 1. The van der Waals surface area contributed by atoms with E-state index in [1.165, 1.54) is 0 Å². The number of carbonyl (C=O) groups is 1. The SMILES string of the molecule is O=Cc1ccccc1NCc1cccc2cccnc12. The minimum Gasteiger partial charge on any atom is -0.380 e. The van der Waals surface area contributed by atoms with E-state index >= 15 is 0 Å². The highest BCUT2D eigenvalue weighted by atomic mass is 16.1. The van der Waals surface area contributed by atoms with Gasteiger partial charge in [-0.1, -0.05) is 36.4 Å². The van der Waals surface area contributed by atoms with Crippen LogP contribution in [0.15, 0.2) is 60.8 Å². The zero-order chi connectivity index (χ0) is 13.8. The average Bonchev–Trinajstić information content (AvgIpc) is 2.53. The van der Waals surface area contributed by atoms with Crippen LogP contribution in [-0.2, 0) is 6.54 Å². The zero-order valence-corrected chi connectivity index (χ0v) is 10.9. The van der Waals surface area contributed by atoms with Gasteiger partial charge in [-0.25, -0.2) is 0 Å². The van der Waals surface area contributed by atoms with Gasteiger partial charge in [0.1, 0.15) is 0 Å². The Kier molecular flexibility index (Phi) is 3.42. The van der Waals surface area contributed by atoms with Crippen LogP contribution in [0.3, 0.4) is 0 Å². The molecule has 1 aromatic heterocycles. The quantitative estimate of drug-likeness (QED) is 0.730. The number of carbonyl (C=O) groups excluding carboxylic acids is 1. The van der Waals surface area contributed by atoms with Crippen LogP contribution in [0.1, 0.15) is 15.9 Å². The molecular weight excluding hydrogens is 248 g/mol. The van der Waals surface area contributed by atoms with E-state index in [1.807, 2.05) is 48.5 Å². The number of aldehydes is 1. The molecule has 1 heterocycles. The number of para-hydroxylation sites is 2. The third-order valence-electron chi connectivity index (χ3n) is 3.27. The number of fused-ring (bicyclic) bond motifs is 1. The van der Waals surface area contributed by atoms with Gasteiger partial charge in [0.2, 0.25) is 0 Å². The summed E-state index contributed by atoms with van der Waals surface area (Å²) < 4.78 is 0. The second-order valence-corrected chi connectivity index (χ2v) is 4.55. The highest BCUT2D eigenvalue weighted by Gasteiger charge is 2.03. The molecule has 3 nitrogen and oxygen atoms in total. The number of rotatable bonds is 4. The van der Waals surface area contributed by atoms with Gasteiger partial charge in [0.05, 0.1) is 5.52 Å². The van der Waals surface area contributed by atoms with Gasteiger partial charge >= 0.3 is 0 Å². The molecule has 0 aliphatic carbocycles. The highest BCUT2D eigenvalue weighted by molar-refractivity contribution is 5.85. The van der Waals surface area contributed by atoms with Gasteiger partial charge in [0, 0.05) is 29.4 Å². The summed E-state index contributed by atoms with van der Waals surface area (Å²) in [5.41, 5.74) is 3.62. The van der Waals surface area contributed by atoms with Crippen molar-refractivity contribution >= 4 is 22.9 Å². The fourth-order valence-corrected chi connectivity index (χ4v) is 2.26. The summed E-state index contributed by atoms with van der Waals surface area (Å²) in [5.74, 6) is 0. The lowest BCUT2D eigenvalue weighted by molar-refractivity contribution is 0.112. The summed E-state index contributed by atoms with van der Waals surface area (Å²) in [6.45, 7) is 0.638. The van der Waals surface area contributed by atoms with Crippen LogP contribution in [0.4, 0.5) is 5.69 Å². The number of nitrogens with zero attached hydrogens (tertiary/aromatic N) is 1. The monoisotopic (exact) mass is 262 g/mol. The zero-order valence-electron chi connectivity index (χ0n) is 10.9. The van der Waals surface area contributed by atoms with E-state index in [4.69, 9.17) is 0 Å². The fourth-order valence-electron chi connectivity index (χ4n) is 2.26. The molecule has 98 valence electrons. The summed E-state index contributed by atoms with van der Waals surface area (Å²) in [6, 6.07) is 17.6. The molecule has 2 aromatic carbocycles. The Hall–Kier alpha value is -2.68. The number of pyridine rings is 1. The molecule has 20 heavy (non-hydrogen) atoms. The van der Waals surface area contributed by atoms with Crippen molar-refractivity contribution in [2.45, 2.75) is 6.54 Å². The molecule has 0 saturated carbocycles. The van der Waals surface area contributed by atoms with Crippen LogP contribution in [0, 0.1) is 0 Å². The van der Waals surface area contributed by atoms with Gasteiger partial charge in [0.25, 0.3) is 0 Å². The lowest BCUT2D eigenvalue weighted by atomic mass is 10.1. The first-order valence-electron chi connectivity index (χ1n) is 6.49. The molecule has 0 atom stereocenters. The molecule has 0 spiro atoms. The normalized spacial score (nSPS) is 10.4. The van der Waals surface area contributed by atoms with Crippen molar-refractivity contribution in [3.8, 4) is 0 Å². The predicted molar refractivity (Wildman–Crippen MR) is 80.9 cm³/mol. The molecule has 0 fully saturated rings. The molecular formula is C17H14N2O. The Morgan fingerprint density at radius 3 is 2.75 bits per heavy atom. The standard InChI is InChI=1S/C17H14N2O/c20-12-15-5-1-2-9-16(15)19-11-14-7-3-6-13-8-4-10-18-17(13)14/h1-10,12,19H,11H2. The van der Waals surface area contributed by atoms with Crippen molar-refractivity contribution in [2.24, 2.45) is 0 Å². The smallest absolute Gasteiger partial charge is 0.152 e. The maximum absolute atomic E-state index is 11.0. The predicted octanol–water partition coefficient (Wildman–Crippen LogP) is 3.66. The molecule has 3 heteroatoms. The highest BCUT2D eigenvalue weighted by Crippen LogP contribution is 2.19. The van der Waals surface area contributed by atoms with E-state index in [2.05, 4.69) is 10.3 Å². The van der Waals surface area contributed by atoms with E-state index < -0.39 is 0 Å². The van der Waals surface area contributed by atoms with Crippen LogP contribution in [0.5, 0.6) is 0 Å². The van der Waals surface area contributed by atoms with Crippen LogP contribution in [-0.4, -0.2) is 11.3 Å². The average molecular weight is 262 g/mol. The Morgan fingerprint density at radius 1 is 1.00 bits per heavy atom. The van der Waals surface area contributed by atoms with Gasteiger partial charge in [-0.15, -0.1) is 0 Å². The molecule has 0 amide bonds. The maximum atomic E-state index is 11.0. The third-order valence-corrected chi connectivity index (χ3v) is 3.27. The van der Waals surface area contributed by atoms with Gasteiger partial charge in [-0.05, 0) is 23.8 Å². The number of benzene rings is 2. The van der Waals surface area contributed by atoms with Crippen LogP contribution in [0.2, 0.25) is 0 Å². The Labute approximate surface area is 117 Å². The van der Waals surface area contributed by atoms with Gasteiger partial charge in [-0.2, -0.15) is 0 Å². The van der Waals surface area contributed by atoms with Crippen molar-refractivity contribution in [3.05, 3.63) is 71.9 Å². The molecule has 3 aromatic rings. The number of anilines is 1. The third kappa shape index (κ3) is 2.38. The molecule has 0 bridgehead atoms. The minimum absolute atomic E-state index is 0.638. The first-order valence-corrected chi connectivity index (χ1v) is 6.49. The first kappa shape index (κ1) is 12.4. The largest absolute Gasteiger partial charge is 0.380 e. The van der Waals surface area contributed by atoms with Crippen LogP contribution in [0.25, 0.3) is 10.9 Å². The molecule has 0 unspecified atom stereocenters. The molecule has 1 N–H and O–H groups in total. The summed E-state index contributed by atoms with van der Waals surface area (Å²) in [7, 11) is 0. The van der Waals surface area contributed by atoms with Crippen molar-refractivity contribution in [1.82, 2.24) is 4.98 Å². The molecule has 0 aliphatic heterocycles. The van der Waals surface area contributed by atoms with Crippen molar-refractivity contribution in [3.63, 3.8) is 0 Å². The van der Waals surface area contributed by atoms with E-state index in [-0.39, 0.29) is 0 Å². The number of hydrogen-bond donors (Lipinski definition) is 1. The Bertz CT molecular complexity index is 747. The van der Waals surface area contributed by atoms with Gasteiger partial charge in [0.15, 0.2) is 6.29 Å². The Balaban J connectivity index is 1.89. The summed E-state index contributed by atoms with van der Waals surface area (Å²) in [6.07, 6.45) is 2.66. The number of hydrogen-bond acceptors (Lipinski definition) is 3. The molecule has 0 radical (unpaired) electrons. The van der Waals surface area contributed by atoms with E-state index in [0.29, 0.717) is 12.1 Å². The molecule has 0 saturated heterocycles. The van der Waals surface area contributed by atoms with Gasteiger partial charge in [-0.3, -0.25) is 9.78 Å². The second kappa shape index (κ2) is 5.53. The lowest BCUT2D eigenvalue weighted by Gasteiger charge is -2.10. The van der Waals surface area contributed by atoms with E-state index in [9.17, 15) is 4.79 Å². The van der Waals surface area contributed by atoms with Crippen molar-refractivity contribution in [1.29, 1.82) is 0 Å². The van der Waals surface area contributed by atoms with Crippen LogP contribution < -0.4 is 5.32 Å². The molecule has 0 aliphatic rings. The van der Waals surface area contributed by atoms with E-state index in [1.54, 1.807) is 12.3 Å². The summed E-state index contributed by atoms with van der Waals surface area (Å²) >= 11 is 0. The van der Waals surface area contributed by atoms with Gasteiger partial charge < -0.3 is 5.32 Å². The fraction of sp³-hybridized carbons (Fsp3) is 0.0588. The second-order valence-electron chi connectivity index (χ2n) is 4.55. The number of aromatic nitrogens is 1.